The molecular weight excluding hydrogens is 151 g/mol. The monoisotopic (exact) mass is 166 g/mol. The first kappa shape index (κ1) is 9.74. The number of carbonyl (C=O) groups is 1. The minimum atomic E-state index is -0.310. The molecule has 3 nitrogen and oxygen atoms in total. The van der Waals surface area contributed by atoms with Gasteiger partial charge in [-0.15, -0.1) is 0 Å². The first-order chi connectivity index (χ1) is 5.60. The van der Waals surface area contributed by atoms with Crippen LogP contribution in [0.25, 0.3) is 0 Å². The van der Waals surface area contributed by atoms with Crippen molar-refractivity contribution in [2.45, 2.75) is 25.3 Å². The van der Waals surface area contributed by atoms with Gasteiger partial charge in [0.2, 0.25) is 0 Å². The van der Waals surface area contributed by atoms with Crippen LogP contribution in [0.1, 0.15) is 19.8 Å². The topological polar surface area (TPSA) is 32.3 Å². The van der Waals surface area contributed by atoms with Crippen molar-refractivity contribution in [3.05, 3.63) is 0 Å². The summed E-state index contributed by atoms with van der Waals surface area (Å²) in [5.74, 6) is 0.220. The third-order valence-electron chi connectivity index (χ3n) is 2.80. The Morgan fingerprint density at radius 2 is 2.00 bits per heavy atom. The molecule has 0 unspecified atom stereocenters. The quantitative estimate of drug-likeness (QED) is 0.572. The van der Waals surface area contributed by atoms with Gasteiger partial charge in [-0.25, -0.2) is 0 Å². The Morgan fingerprint density at radius 1 is 1.50 bits per heavy atom. The van der Waals surface area contributed by atoms with Gasteiger partial charge in [-0.2, -0.15) is 0 Å². The molecule has 0 aliphatic carbocycles. The Bertz CT molecular complexity index is 176. The molecule has 0 aromatic rings. The zero-order chi connectivity index (χ0) is 9.19. The summed E-state index contributed by atoms with van der Waals surface area (Å²) in [5, 5.41) is 3.11. The van der Waals surface area contributed by atoms with Crippen LogP contribution >= 0.6 is 0 Å². The van der Waals surface area contributed by atoms with E-state index in [4.69, 9.17) is 7.98 Å². The van der Waals surface area contributed by atoms with E-state index < -0.39 is 0 Å². The molecule has 66 valence electrons. The molecule has 1 rings (SSSR count). The van der Waals surface area contributed by atoms with Crippen LogP contribution in [0.2, 0.25) is 0 Å². The van der Waals surface area contributed by atoms with Gasteiger partial charge < -0.3 is 10.1 Å². The van der Waals surface area contributed by atoms with Gasteiger partial charge in [0.05, 0.1) is 5.54 Å². The molecule has 0 aromatic heterocycles. The maximum atomic E-state index is 11.3. The van der Waals surface area contributed by atoms with Crippen molar-refractivity contribution >= 4 is 13.8 Å². The lowest BCUT2D eigenvalue weighted by atomic mass is 9.83. The minimum Gasteiger partial charge on any atom is -0.353 e. The summed E-state index contributed by atoms with van der Waals surface area (Å²) in [6.07, 6.45) is 1.63. The largest absolute Gasteiger partial charge is 0.353 e. The molecule has 0 amide bonds. The van der Waals surface area contributed by atoms with Crippen molar-refractivity contribution < 1.29 is 4.79 Å². The average Bonchev–Trinajstić information content (AvgIpc) is 2.06. The third-order valence-corrected chi connectivity index (χ3v) is 2.80. The van der Waals surface area contributed by atoms with Crippen LogP contribution < -0.4 is 5.32 Å². The lowest BCUT2D eigenvalue weighted by Crippen LogP contribution is -2.56. The van der Waals surface area contributed by atoms with E-state index in [9.17, 15) is 4.79 Å². The summed E-state index contributed by atoms with van der Waals surface area (Å²) < 4.78 is 0. The summed E-state index contributed by atoms with van der Waals surface area (Å²) in [7, 11) is 7.45. The highest BCUT2D eigenvalue weighted by atomic mass is 16.1. The number of nitrogens with one attached hydrogen (secondary N) is 1. The van der Waals surface area contributed by atoms with Crippen LogP contribution in [0.3, 0.4) is 0 Å². The van der Waals surface area contributed by atoms with Gasteiger partial charge in [0.25, 0.3) is 0 Å². The molecular formula is C8H15BN2O. The molecule has 0 atom stereocenters. The first-order valence-corrected chi connectivity index (χ1v) is 4.30. The highest BCUT2D eigenvalue weighted by Crippen LogP contribution is 2.21. The number of likely N-dealkylation sites (N-methyl/N-ethyl adjacent to an activating group) is 1. The average molecular weight is 166 g/mol. The zero-order valence-corrected chi connectivity index (χ0v) is 7.76. The smallest absolute Gasteiger partial charge is 0.182 e. The van der Waals surface area contributed by atoms with Crippen molar-refractivity contribution in [1.29, 1.82) is 0 Å². The van der Waals surface area contributed by atoms with E-state index in [1.54, 1.807) is 11.7 Å². The van der Waals surface area contributed by atoms with Crippen LogP contribution in [0, 0.1) is 0 Å². The first-order valence-electron chi connectivity index (χ1n) is 4.30. The maximum Gasteiger partial charge on any atom is 0.182 e. The summed E-state index contributed by atoms with van der Waals surface area (Å²) in [6.45, 7) is 3.23. The van der Waals surface area contributed by atoms with Crippen molar-refractivity contribution in [3.63, 3.8) is 0 Å². The normalized spacial score (nSPS) is 23.8. The SMILES string of the molecule is [B]N1CCC(NC)(C(C)=O)CC1. The van der Waals surface area contributed by atoms with Gasteiger partial charge in [0, 0.05) is 0 Å². The fourth-order valence-corrected chi connectivity index (χ4v) is 1.68. The minimum absolute atomic E-state index is 0.220. The number of hydrogen-bond donors (Lipinski definition) is 1. The van der Waals surface area contributed by atoms with Crippen LogP contribution in [-0.2, 0) is 4.79 Å². The van der Waals surface area contributed by atoms with Crippen LogP contribution in [0.5, 0.6) is 0 Å². The van der Waals surface area contributed by atoms with Gasteiger partial charge >= 0.3 is 0 Å². The van der Waals surface area contributed by atoms with Crippen LogP contribution in [0.15, 0.2) is 0 Å². The number of hydrogen-bond acceptors (Lipinski definition) is 3. The van der Waals surface area contributed by atoms with Gasteiger partial charge in [0.1, 0.15) is 5.78 Å². The standard InChI is InChI=1S/C8H15BN2O/c1-7(12)8(10-2)3-5-11(9)6-4-8/h10H,3-6H2,1-2H3. The van der Waals surface area contributed by atoms with E-state index in [-0.39, 0.29) is 11.3 Å². The van der Waals surface area contributed by atoms with Gasteiger partial charge in [-0.05, 0) is 39.9 Å². The van der Waals surface area contributed by atoms with E-state index in [0.29, 0.717) is 0 Å². The molecule has 0 spiro atoms. The van der Waals surface area contributed by atoms with Crippen molar-refractivity contribution in [1.82, 2.24) is 10.1 Å². The number of ketones is 1. The Kier molecular flexibility index (Phi) is 2.91. The molecule has 1 N–H and O–H groups in total. The number of piperidine rings is 1. The Labute approximate surface area is 74.9 Å². The third kappa shape index (κ3) is 1.70. The lowest BCUT2D eigenvalue weighted by molar-refractivity contribution is -0.124. The van der Waals surface area contributed by atoms with E-state index in [0.717, 1.165) is 25.9 Å². The number of carbonyl (C=O) groups excluding carboxylic acids is 1. The molecule has 0 aromatic carbocycles. The number of Topliss-reactive ketones (excluding diaryl/α,β-unsaturated/α-hetero) is 1. The Balaban J connectivity index is 2.63. The van der Waals surface area contributed by atoms with E-state index in [2.05, 4.69) is 5.32 Å². The van der Waals surface area contributed by atoms with Gasteiger partial charge in [0.15, 0.2) is 7.98 Å². The molecule has 1 aliphatic heterocycles. The molecule has 1 aliphatic rings. The van der Waals surface area contributed by atoms with E-state index in [1.807, 2.05) is 7.05 Å². The Hall–Kier alpha value is -0.345. The second kappa shape index (κ2) is 3.58. The van der Waals surface area contributed by atoms with E-state index >= 15 is 0 Å². The summed E-state index contributed by atoms with van der Waals surface area (Å²) in [5.41, 5.74) is -0.310. The summed E-state index contributed by atoms with van der Waals surface area (Å²) in [4.78, 5) is 13.1. The molecule has 4 heteroatoms. The maximum absolute atomic E-state index is 11.3. The fraction of sp³-hybridized carbons (Fsp3) is 0.875. The Morgan fingerprint density at radius 3 is 2.33 bits per heavy atom. The molecule has 1 saturated heterocycles. The van der Waals surface area contributed by atoms with Crippen molar-refractivity contribution in [3.8, 4) is 0 Å². The molecule has 1 heterocycles. The molecule has 12 heavy (non-hydrogen) atoms. The zero-order valence-electron chi connectivity index (χ0n) is 7.76. The molecule has 0 saturated carbocycles. The fourth-order valence-electron chi connectivity index (χ4n) is 1.68. The van der Waals surface area contributed by atoms with E-state index in [1.165, 1.54) is 0 Å². The summed E-state index contributed by atoms with van der Waals surface area (Å²) in [6, 6.07) is 0. The second-order valence-electron chi connectivity index (χ2n) is 3.42. The van der Waals surface area contributed by atoms with Crippen LogP contribution in [-0.4, -0.2) is 44.3 Å². The molecule has 2 radical (unpaired) electrons. The van der Waals surface area contributed by atoms with Crippen molar-refractivity contribution in [2.75, 3.05) is 20.1 Å². The number of rotatable bonds is 2. The number of nitrogens with zero attached hydrogens (tertiary/aromatic N) is 1. The van der Waals surface area contributed by atoms with Crippen LogP contribution in [0.4, 0.5) is 0 Å². The predicted octanol–water partition coefficient (Wildman–Crippen LogP) is -0.287. The highest BCUT2D eigenvalue weighted by Gasteiger charge is 2.35. The second-order valence-corrected chi connectivity index (χ2v) is 3.42. The molecule has 0 bridgehead atoms. The highest BCUT2D eigenvalue weighted by molar-refractivity contribution is 6.04. The lowest BCUT2D eigenvalue weighted by Gasteiger charge is -2.38. The summed E-state index contributed by atoms with van der Waals surface area (Å²) >= 11 is 0. The van der Waals surface area contributed by atoms with Crippen molar-refractivity contribution in [2.24, 2.45) is 0 Å². The predicted molar refractivity (Wildman–Crippen MR) is 49.0 cm³/mol. The van der Waals surface area contributed by atoms with Gasteiger partial charge in [-0.1, -0.05) is 0 Å². The molecule has 1 fully saturated rings. The van der Waals surface area contributed by atoms with Gasteiger partial charge in [-0.3, -0.25) is 4.79 Å².